The first-order valence-corrected chi connectivity index (χ1v) is 21.7. The van der Waals surface area contributed by atoms with Gasteiger partial charge in [-0.3, -0.25) is 0 Å². The van der Waals surface area contributed by atoms with E-state index in [2.05, 4.69) is 182 Å². The summed E-state index contributed by atoms with van der Waals surface area (Å²) in [6.45, 7) is 0. The maximum atomic E-state index is 10.0. The summed E-state index contributed by atoms with van der Waals surface area (Å²) in [5.74, 6) is 0.700. The van der Waals surface area contributed by atoms with E-state index in [0.29, 0.717) is 11.4 Å². The van der Waals surface area contributed by atoms with Crippen molar-refractivity contribution in [3.63, 3.8) is 0 Å². The highest BCUT2D eigenvalue weighted by Gasteiger charge is 2.50. The second-order valence-corrected chi connectivity index (χ2v) is 17.0. The minimum Gasteiger partial charge on any atom is -0.228 e. The fraction of sp³-hybridized carbons (Fsp3) is 0.0172. The van der Waals surface area contributed by atoms with Crippen LogP contribution < -0.4 is 0 Å². The Hall–Kier alpha value is -7.84. The lowest BCUT2D eigenvalue weighted by Gasteiger charge is -2.40. The summed E-state index contributed by atoms with van der Waals surface area (Å²) in [6.07, 6.45) is 0. The van der Waals surface area contributed by atoms with E-state index in [1.54, 1.807) is 0 Å². The number of aromatic nitrogens is 2. The molecule has 0 atom stereocenters. The SMILES string of the molecule is N#Cc1ccc(-c2ccc3c(c2)C2(c4cc(-c5cccc(-c6cc(-c7ccccc7)nc(-c7ccccc7)n6)c5)ccc4S3)c3ccccc3-c3ccccc32)c2ccccc12. The molecule has 2 heterocycles. The lowest BCUT2D eigenvalue weighted by molar-refractivity contribution is 0.723. The molecule has 4 heteroatoms. The minimum atomic E-state index is -0.572. The fourth-order valence-corrected chi connectivity index (χ4v) is 11.0. The Bertz CT molecular complexity index is 3360. The van der Waals surface area contributed by atoms with Gasteiger partial charge in [-0.2, -0.15) is 5.26 Å². The summed E-state index contributed by atoms with van der Waals surface area (Å²) in [6, 6.07) is 78.2. The molecule has 0 unspecified atom stereocenters. The zero-order chi connectivity index (χ0) is 41.2. The third-order valence-electron chi connectivity index (χ3n) is 12.6. The highest BCUT2D eigenvalue weighted by molar-refractivity contribution is 7.99. The minimum absolute atomic E-state index is 0.572. The van der Waals surface area contributed by atoms with Crippen molar-refractivity contribution in [2.75, 3.05) is 0 Å². The van der Waals surface area contributed by atoms with Gasteiger partial charge in [0.2, 0.25) is 0 Å². The van der Waals surface area contributed by atoms with Crippen molar-refractivity contribution in [2.45, 2.75) is 15.2 Å². The molecule has 0 amide bonds. The van der Waals surface area contributed by atoms with Crippen LogP contribution in [0.2, 0.25) is 0 Å². The molecule has 12 rings (SSSR count). The molecule has 10 aromatic rings. The maximum Gasteiger partial charge on any atom is 0.160 e. The van der Waals surface area contributed by atoms with Crippen molar-refractivity contribution < 1.29 is 0 Å². The van der Waals surface area contributed by atoms with Gasteiger partial charge in [0.05, 0.1) is 28.4 Å². The van der Waals surface area contributed by atoms with Crippen LogP contribution in [-0.2, 0) is 5.41 Å². The van der Waals surface area contributed by atoms with E-state index in [1.165, 1.54) is 43.2 Å². The molecule has 9 aromatic carbocycles. The van der Waals surface area contributed by atoms with Gasteiger partial charge in [-0.15, -0.1) is 0 Å². The Kier molecular flexibility index (Phi) is 8.38. The lowest BCUT2D eigenvalue weighted by Crippen LogP contribution is -2.32. The number of hydrogen-bond donors (Lipinski definition) is 0. The molecule has 0 radical (unpaired) electrons. The molecule has 1 aliphatic heterocycles. The van der Waals surface area contributed by atoms with E-state index in [4.69, 9.17) is 9.97 Å². The first-order valence-electron chi connectivity index (χ1n) is 20.9. The average Bonchev–Trinajstić information content (AvgIpc) is 3.64. The van der Waals surface area contributed by atoms with Gasteiger partial charge in [0, 0.05) is 31.9 Å². The Morgan fingerprint density at radius 3 is 1.60 bits per heavy atom. The van der Waals surface area contributed by atoms with E-state index in [9.17, 15) is 5.26 Å². The highest BCUT2D eigenvalue weighted by atomic mass is 32.2. The standard InChI is InChI=1S/C58H35N3S/c59-36-43-26-29-45(46-21-8-7-20-44(43)46)41-28-31-56-52(34-41)58(49-24-11-9-22-47(49)48-23-10-12-25-50(48)58)51-33-40(27-30-55(51)62-56)39-18-13-19-42(32-39)54-35-53(37-14-3-1-4-15-37)60-57(61-54)38-16-5-2-6-17-38/h1-35H. The van der Waals surface area contributed by atoms with Gasteiger partial charge in [0.25, 0.3) is 0 Å². The molecule has 0 saturated carbocycles. The van der Waals surface area contributed by atoms with Crippen LogP contribution in [0.5, 0.6) is 0 Å². The molecule has 1 aliphatic carbocycles. The van der Waals surface area contributed by atoms with Gasteiger partial charge in [-0.25, -0.2) is 9.97 Å². The Labute approximate surface area is 364 Å². The van der Waals surface area contributed by atoms with Crippen LogP contribution in [0, 0.1) is 11.3 Å². The molecular weight excluding hydrogens is 771 g/mol. The summed E-state index contributed by atoms with van der Waals surface area (Å²) < 4.78 is 0. The van der Waals surface area contributed by atoms with Crippen LogP contribution in [0.25, 0.3) is 78.1 Å². The predicted octanol–water partition coefficient (Wildman–Crippen LogP) is 14.7. The summed E-state index contributed by atoms with van der Waals surface area (Å²) in [5, 5.41) is 12.0. The Balaban J connectivity index is 1.05. The lowest BCUT2D eigenvalue weighted by atomic mass is 9.66. The van der Waals surface area contributed by atoms with Gasteiger partial charge >= 0.3 is 0 Å². The maximum absolute atomic E-state index is 10.0. The van der Waals surface area contributed by atoms with E-state index in [0.717, 1.165) is 61.1 Å². The van der Waals surface area contributed by atoms with Crippen molar-refractivity contribution in [1.29, 1.82) is 5.26 Å². The van der Waals surface area contributed by atoms with Crippen molar-refractivity contribution in [3.05, 3.63) is 240 Å². The van der Waals surface area contributed by atoms with Gasteiger partial charge in [-0.1, -0.05) is 182 Å². The molecule has 0 saturated heterocycles. The molecule has 0 N–H and O–H groups in total. The Morgan fingerprint density at radius 1 is 0.371 bits per heavy atom. The van der Waals surface area contributed by atoms with Gasteiger partial charge < -0.3 is 0 Å². The number of benzene rings is 9. The second kappa shape index (κ2) is 14.4. The largest absolute Gasteiger partial charge is 0.228 e. The smallest absolute Gasteiger partial charge is 0.160 e. The van der Waals surface area contributed by atoms with E-state index in [1.807, 2.05) is 48.2 Å². The molecule has 288 valence electrons. The van der Waals surface area contributed by atoms with Crippen LogP contribution in [0.15, 0.2) is 222 Å². The fourth-order valence-electron chi connectivity index (χ4n) is 9.82. The molecule has 0 fully saturated rings. The topological polar surface area (TPSA) is 49.6 Å². The summed E-state index contributed by atoms with van der Waals surface area (Å²) in [4.78, 5) is 12.7. The van der Waals surface area contributed by atoms with E-state index in [-0.39, 0.29) is 0 Å². The first-order chi connectivity index (χ1) is 30.7. The third kappa shape index (κ3) is 5.60. The van der Waals surface area contributed by atoms with Crippen LogP contribution in [-0.4, -0.2) is 9.97 Å². The summed E-state index contributed by atoms with van der Waals surface area (Å²) in [7, 11) is 0. The van der Waals surface area contributed by atoms with Crippen molar-refractivity contribution in [1.82, 2.24) is 9.97 Å². The molecule has 3 nitrogen and oxygen atoms in total. The van der Waals surface area contributed by atoms with Crippen molar-refractivity contribution in [2.24, 2.45) is 0 Å². The predicted molar refractivity (Wildman–Crippen MR) is 253 cm³/mol. The zero-order valence-corrected chi connectivity index (χ0v) is 34.3. The highest BCUT2D eigenvalue weighted by Crippen LogP contribution is 2.63. The van der Waals surface area contributed by atoms with Crippen LogP contribution in [0.4, 0.5) is 0 Å². The summed E-state index contributed by atoms with van der Waals surface area (Å²) >= 11 is 1.85. The number of rotatable bonds is 5. The van der Waals surface area contributed by atoms with Crippen LogP contribution >= 0.6 is 11.8 Å². The Morgan fingerprint density at radius 2 is 0.903 bits per heavy atom. The molecule has 1 aromatic heterocycles. The van der Waals surface area contributed by atoms with Crippen molar-refractivity contribution >= 4 is 22.5 Å². The average molecular weight is 806 g/mol. The summed E-state index contributed by atoms with van der Waals surface area (Å²) in [5.41, 5.74) is 17.1. The second-order valence-electron chi connectivity index (χ2n) is 16.0. The van der Waals surface area contributed by atoms with Crippen molar-refractivity contribution in [3.8, 4) is 73.4 Å². The third-order valence-corrected chi connectivity index (χ3v) is 13.8. The molecule has 62 heavy (non-hydrogen) atoms. The zero-order valence-electron chi connectivity index (χ0n) is 33.5. The molecule has 2 aliphatic rings. The monoisotopic (exact) mass is 805 g/mol. The quantitative estimate of drug-likeness (QED) is 0.174. The van der Waals surface area contributed by atoms with Gasteiger partial charge in [-0.05, 0) is 103 Å². The number of nitrogens with zero attached hydrogens (tertiary/aromatic N) is 3. The van der Waals surface area contributed by atoms with Crippen LogP contribution in [0.1, 0.15) is 27.8 Å². The number of fused-ring (bicyclic) bond motifs is 10. The van der Waals surface area contributed by atoms with Gasteiger partial charge in [0.1, 0.15) is 0 Å². The van der Waals surface area contributed by atoms with E-state index < -0.39 is 5.41 Å². The first kappa shape index (κ1) is 36.0. The molecule has 0 bridgehead atoms. The normalized spacial score (nSPS) is 12.9. The number of nitriles is 1. The number of hydrogen-bond acceptors (Lipinski definition) is 4. The molecule has 1 spiro atoms. The van der Waals surface area contributed by atoms with E-state index >= 15 is 0 Å². The molecular formula is C58H35N3S. The van der Waals surface area contributed by atoms with Crippen LogP contribution in [0.3, 0.4) is 0 Å². The van der Waals surface area contributed by atoms with Gasteiger partial charge in [0.15, 0.2) is 5.82 Å².